The average molecular weight is 388 g/mol. The molecule has 1 aromatic heterocycles. The van der Waals surface area contributed by atoms with E-state index in [9.17, 15) is 9.59 Å². The summed E-state index contributed by atoms with van der Waals surface area (Å²) >= 11 is 0. The highest BCUT2D eigenvalue weighted by Gasteiger charge is 2.26. The van der Waals surface area contributed by atoms with Crippen molar-refractivity contribution in [2.24, 2.45) is 0 Å². The number of ether oxygens (including phenoxy) is 2. The van der Waals surface area contributed by atoms with E-state index in [2.05, 4.69) is 15.7 Å². The molecule has 2 aliphatic heterocycles. The van der Waals surface area contributed by atoms with E-state index in [1.54, 1.807) is 17.3 Å². The molecule has 1 aromatic rings. The summed E-state index contributed by atoms with van der Waals surface area (Å²) in [6.45, 7) is 6.85. The van der Waals surface area contributed by atoms with Crippen molar-refractivity contribution in [1.29, 1.82) is 0 Å². The lowest BCUT2D eigenvalue weighted by molar-refractivity contribution is -0.144. The summed E-state index contributed by atoms with van der Waals surface area (Å²) in [5, 5.41) is 10.0. The standard InChI is InChI=1S/C16H25N5O4.ClH/c1-11-6-20(7-12(2)25-11)15(22)9-21-8-13(5-18-21)19-16(23)14-10-24-4-3-17-14;/h5,8,11-12,14,17H,3-4,6-7,9-10H2,1-2H3,(H,19,23);1H. The molecule has 3 unspecified atom stereocenters. The van der Waals surface area contributed by atoms with Crippen molar-refractivity contribution < 1.29 is 19.1 Å². The molecule has 0 spiro atoms. The summed E-state index contributed by atoms with van der Waals surface area (Å²) in [6, 6.07) is -0.366. The van der Waals surface area contributed by atoms with Gasteiger partial charge in [-0.2, -0.15) is 5.10 Å². The van der Waals surface area contributed by atoms with E-state index in [4.69, 9.17) is 9.47 Å². The smallest absolute Gasteiger partial charge is 0.244 e. The van der Waals surface area contributed by atoms with E-state index < -0.39 is 0 Å². The van der Waals surface area contributed by atoms with Gasteiger partial charge in [0, 0.05) is 25.8 Å². The Balaban J connectivity index is 0.00000243. The zero-order valence-electron chi connectivity index (χ0n) is 15.0. The molecule has 2 amide bonds. The average Bonchev–Trinajstić information content (AvgIpc) is 3.01. The summed E-state index contributed by atoms with van der Waals surface area (Å²) < 4.78 is 12.5. The maximum Gasteiger partial charge on any atom is 0.244 e. The topological polar surface area (TPSA) is 97.7 Å². The minimum Gasteiger partial charge on any atom is -0.378 e. The van der Waals surface area contributed by atoms with Crippen LogP contribution in [0.3, 0.4) is 0 Å². The van der Waals surface area contributed by atoms with Gasteiger partial charge in [0.15, 0.2) is 0 Å². The first-order valence-electron chi connectivity index (χ1n) is 8.59. The van der Waals surface area contributed by atoms with Crippen molar-refractivity contribution in [1.82, 2.24) is 20.0 Å². The Labute approximate surface area is 158 Å². The molecule has 2 aliphatic rings. The van der Waals surface area contributed by atoms with Gasteiger partial charge in [0.2, 0.25) is 11.8 Å². The van der Waals surface area contributed by atoms with E-state index in [0.29, 0.717) is 38.5 Å². The van der Waals surface area contributed by atoms with Gasteiger partial charge in [0.1, 0.15) is 12.6 Å². The number of anilines is 1. The van der Waals surface area contributed by atoms with Gasteiger partial charge in [-0.05, 0) is 13.8 Å². The van der Waals surface area contributed by atoms with Crippen molar-refractivity contribution >= 4 is 29.9 Å². The fraction of sp³-hybridized carbons (Fsp3) is 0.688. The lowest BCUT2D eigenvalue weighted by atomic mass is 10.2. The number of morpholine rings is 2. The van der Waals surface area contributed by atoms with Crippen LogP contribution in [0, 0.1) is 0 Å². The summed E-state index contributed by atoms with van der Waals surface area (Å²) in [5.41, 5.74) is 0.564. The van der Waals surface area contributed by atoms with E-state index in [-0.39, 0.29) is 49.0 Å². The lowest BCUT2D eigenvalue weighted by Gasteiger charge is -2.35. The highest BCUT2D eigenvalue weighted by Crippen LogP contribution is 2.12. The number of amides is 2. The van der Waals surface area contributed by atoms with Crippen molar-refractivity contribution in [2.45, 2.75) is 38.6 Å². The van der Waals surface area contributed by atoms with Crippen molar-refractivity contribution in [3.05, 3.63) is 12.4 Å². The Kier molecular flexibility index (Phi) is 7.39. The Morgan fingerprint density at radius 1 is 1.35 bits per heavy atom. The van der Waals surface area contributed by atoms with Crippen LogP contribution < -0.4 is 10.6 Å². The Hall–Kier alpha value is -1.68. The molecule has 0 aliphatic carbocycles. The number of carbonyl (C=O) groups is 2. The largest absolute Gasteiger partial charge is 0.378 e. The van der Waals surface area contributed by atoms with Crippen LogP contribution in [0.25, 0.3) is 0 Å². The molecular formula is C16H26ClN5O4. The van der Waals surface area contributed by atoms with E-state index in [0.717, 1.165) is 0 Å². The number of rotatable bonds is 4. The van der Waals surface area contributed by atoms with Gasteiger partial charge < -0.3 is 25.0 Å². The van der Waals surface area contributed by atoms with Crippen molar-refractivity contribution in [2.75, 3.05) is 38.2 Å². The molecule has 0 saturated carbocycles. The molecule has 2 fully saturated rings. The van der Waals surface area contributed by atoms with Crippen LogP contribution in [0.4, 0.5) is 5.69 Å². The number of carbonyl (C=O) groups excluding carboxylic acids is 2. The van der Waals surface area contributed by atoms with E-state index in [1.165, 1.54) is 4.68 Å². The van der Waals surface area contributed by atoms with Gasteiger partial charge in [0.05, 0.1) is 37.3 Å². The highest BCUT2D eigenvalue weighted by atomic mass is 35.5. The third kappa shape index (κ3) is 5.41. The van der Waals surface area contributed by atoms with Crippen LogP contribution in [-0.2, 0) is 25.6 Å². The molecule has 26 heavy (non-hydrogen) atoms. The second-order valence-corrected chi connectivity index (χ2v) is 6.55. The molecule has 3 rings (SSSR count). The maximum absolute atomic E-state index is 12.4. The molecule has 9 nitrogen and oxygen atoms in total. The lowest BCUT2D eigenvalue weighted by Crippen LogP contribution is -2.49. The van der Waals surface area contributed by atoms with Crippen LogP contribution in [0.5, 0.6) is 0 Å². The fourth-order valence-corrected chi connectivity index (χ4v) is 3.10. The first-order valence-corrected chi connectivity index (χ1v) is 8.59. The molecule has 0 aromatic carbocycles. The number of nitrogens with one attached hydrogen (secondary N) is 2. The van der Waals surface area contributed by atoms with Crippen LogP contribution in [-0.4, -0.2) is 77.6 Å². The van der Waals surface area contributed by atoms with Gasteiger partial charge in [0.25, 0.3) is 0 Å². The van der Waals surface area contributed by atoms with E-state index in [1.807, 2.05) is 13.8 Å². The monoisotopic (exact) mass is 387 g/mol. The molecule has 2 saturated heterocycles. The predicted molar refractivity (Wildman–Crippen MR) is 97.3 cm³/mol. The molecule has 3 heterocycles. The van der Waals surface area contributed by atoms with Gasteiger partial charge in [-0.15, -0.1) is 12.4 Å². The minimum absolute atomic E-state index is 0. The van der Waals surface area contributed by atoms with Crippen LogP contribution in [0.1, 0.15) is 13.8 Å². The zero-order valence-corrected chi connectivity index (χ0v) is 15.8. The number of hydrogen-bond acceptors (Lipinski definition) is 6. The van der Waals surface area contributed by atoms with Gasteiger partial charge in [-0.1, -0.05) is 0 Å². The zero-order chi connectivity index (χ0) is 17.8. The number of aromatic nitrogens is 2. The summed E-state index contributed by atoms with van der Waals surface area (Å²) in [6.07, 6.45) is 3.27. The maximum atomic E-state index is 12.4. The minimum atomic E-state index is -0.366. The number of nitrogens with zero attached hydrogens (tertiary/aromatic N) is 3. The second kappa shape index (κ2) is 9.31. The van der Waals surface area contributed by atoms with Crippen molar-refractivity contribution in [3.8, 4) is 0 Å². The number of hydrogen-bond donors (Lipinski definition) is 2. The molecule has 146 valence electrons. The van der Waals surface area contributed by atoms with E-state index >= 15 is 0 Å². The fourth-order valence-electron chi connectivity index (χ4n) is 3.10. The third-order valence-corrected chi connectivity index (χ3v) is 4.21. The molecule has 2 N–H and O–H groups in total. The first kappa shape index (κ1) is 20.6. The molecule has 0 bridgehead atoms. The summed E-state index contributed by atoms with van der Waals surface area (Å²) in [7, 11) is 0. The van der Waals surface area contributed by atoms with Gasteiger partial charge >= 0.3 is 0 Å². The second-order valence-electron chi connectivity index (χ2n) is 6.55. The predicted octanol–water partition coefficient (Wildman–Crippen LogP) is -0.132. The summed E-state index contributed by atoms with van der Waals surface area (Å²) in [5.74, 6) is -0.174. The van der Waals surface area contributed by atoms with Crippen molar-refractivity contribution in [3.63, 3.8) is 0 Å². The van der Waals surface area contributed by atoms with Crippen LogP contribution in [0.2, 0.25) is 0 Å². The van der Waals surface area contributed by atoms with Crippen LogP contribution in [0.15, 0.2) is 12.4 Å². The molecule has 0 radical (unpaired) electrons. The molecule has 10 heteroatoms. The Morgan fingerprint density at radius 2 is 2.08 bits per heavy atom. The molecule has 3 atom stereocenters. The summed E-state index contributed by atoms with van der Waals surface area (Å²) in [4.78, 5) is 26.4. The third-order valence-electron chi connectivity index (χ3n) is 4.21. The number of halogens is 1. The van der Waals surface area contributed by atoms with Gasteiger partial charge in [-0.3, -0.25) is 14.3 Å². The SMILES string of the molecule is CC1CN(C(=O)Cn2cc(NC(=O)C3COCCN3)cn2)CC(C)O1.Cl. The van der Waals surface area contributed by atoms with Crippen LogP contribution >= 0.6 is 12.4 Å². The molecular weight excluding hydrogens is 362 g/mol. The highest BCUT2D eigenvalue weighted by molar-refractivity contribution is 5.94. The normalized spacial score (nSPS) is 26.1. The Bertz CT molecular complexity index is 610. The quantitative estimate of drug-likeness (QED) is 0.746. The Morgan fingerprint density at radius 3 is 2.73 bits per heavy atom. The first-order chi connectivity index (χ1) is 12.0. The van der Waals surface area contributed by atoms with Gasteiger partial charge in [-0.25, -0.2) is 0 Å².